The second kappa shape index (κ2) is 8.97. The lowest BCUT2D eigenvalue weighted by molar-refractivity contribution is -0.124. The van der Waals surface area contributed by atoms with Crippen LogP contribution in [0.15, 0.2) is 35.7 Å². The number of rotatable bonds is 7. The maximum Gasteiger partial charge on any atom is 0.270 e. The largest absolute Gasteiger partial charge is 0.348 e. The van der Waals surface area contributed by atoms with Crippen LogP contribution < -0.4 is 5.32 Å². The number of nitrogens with one attached hydrogen (secondary N) is 1. The van der Waals surface area contributed by atoms with Crippen LogP contribution >= 0.6 is 11.3 Å². The zero-order valence-corrected chi connectivity index (χ0v) is 17.7. The van der Waals surface area contributed by atoms with Crippen LogP contribution in [0, 0.1) is 0 Å². The molecule has 0 bridgehead atoms. The maximum absolute atomic E-state index is 12.5. The summed E-state index contributed by atoms with van der Waals surface area (Å²) in [6.07, 6.45) is 2.54. The van der Waals surface area contributed by atoms with Gasteiger partial charge in [-0.05, 0) is 51.8 Å². The van der Waals surface area contributed by atoms with Crippen molar-refractivity contribution < 1.29 is 9.59 Å². The first-order valence-corrected chi connectivity index (χ1v) is 10.9. The molecule has 3 rings (SSSR count). The van der Waals surface area contributed by atoms with Gasteiger partial charge in [-0.1, -0.05) is 37.3 Å². The molecule has 28 heavy (non-hydrogen) atoms. The molecule has 1 saturated heterocycles. The van der Waals surface area contributed by atoms with E-state index in [0.29, 0.717) is 5.69 Å². The van der Waals surface area contributed by atoms with Gasteiger partial charge >= 0.3 is 0 Å². The maximum atomic E-state index is 12.5. The molecule has 1 aromatic carbocycles. The van der Waals surface area contributed by atoms with Crippen LogP contribution in [0.2, 0.25) is 0 Å². The lowest BCUT2D eigenvalue weighted by atomic mass is 9.70. The summed E-state index contributed by atoms with van der Waals surface area (Å²) in [6, 6.07) is 10.3. The van der Waals surface area contributed by atoms with Crippen molar-refractivity contribution in [3.05, 3.63) is 52.0 Å². The highest BCUT2D eigenvalue weighted by atomic mass is 32.1. The van der Waals surface area contributed by atoms with Crippen molar-refractivity contribution in [2.75, 3.05) is 13.1 Å². The Morgan fingerprint density at radius 3 is 2.54 bits per heavy atom. The van der Waals surface area contributed by atoms with Gasteiger partial charge in [-0.25, -0.2) is 4.98 Å². The average molecular weight is 400 g/mol. The molecule has 1 atom stereocenters. The van der Waals surface area contributed by atoms with Crippen molar-refractivity contribution in [2.45, 2.75) is 58.0 Å². The third-order valence-corrected chi connectivity index (χ3v) is 6.68. The number of ketones is 1. The molecular weight excluding hydrogens is 370 g/mol. The number of hydrogen-bond donors (Lipinski definition) is 1. The summed E-state index contributed by atoms with van der Waals surface area (Å²) in [5, 5.41) is 5.74. The molecule has 150 valence electrons. The van der Waals surface area contributed by atoms with Gasteiger partial charge in [-0.2, -0.15) is 0 Å². The topological polar surface area (TPSA) is 62.3 Å². The van der Waals surface area contributed by atoms with E-state index in [1.165, 1.54) is 11.3 Å². The first kappa shape index (κ1) is 20.7. The second-order valence-corrected chi connectivity index (χ2v) is 8.63. The van der Waals surface area contributed by atoms with Crippen LogP contribution in [0.4, 0.5) is 0 Å². The predicted molar refractivity (Wildman–Crippen MR) is 113 cm³/mol. The zero-order chi connectivity index (χ0) is 20.1. The average Bonchev–Trinajstić information content (AvgIpc) is 3.17. The Morgan fingerprint density at radius 1 is 1.25 bits per heavy atom. The van der Waals surface area contributed by atoms with Gasteiger partial charge in [-0.15, -0.1) is 11.3 Å². The zero-order valence-electron chi connectivity index (χ0n) is 16.9. The Bertz CT molecular complexity index is 810. The summed E-state index contributed by atoms with van der Waals surface area (Å²) in [5.41, 5.74) is 1.25. The number of carbonyl (C=O) groups excluding carboxylic acids is 2. The Kier molecular flexibility index (Phi) is 6.62. The molecule has 1 aliphatic heterocycles. The van der Waals surface area contributed by atoms with Crippen LogP contribution in [-0.4, -0.2) is 40.7 Å². The molecular formula is C22H29N3O2S. The Morgan fingerprint density at radius 2 is 1.93 bits per heavy atom. The third kappa shape index (κ3) is 4.50. The van der Waals surface area contributed by atoms with E-state index in [1.807, 2.05) is 37.4 Å². The lowest BCUT2D eigenvalue weighted by Crippen LogP contribution is -2.46. The number of hydrogen-bond acceptors (Lipinski definition) is 5. The lowest BCUT2D eigenvalue weighted by Gasteiger charge is -2.40. The van der Waals surface area contributed by atoms with Crippen LogP contribution in [0.3, 0.4) is 0 Å². The third-order valence-electron chi connectivity index (χ3n) is 5.84. The molecule has 2 aromatic rings. The molecule has 2 heterocycles. The first-order valence-electron chi connectivity index (χ1n) is 9.99. The summed E-state index contributed by atoms with van der Waals surface area (Å²) in [7, 11) is 0. The van der Waals surface area contributed by atoms with Crippen molar-refractivity contribution in [3.8, 4) is 0 Å². The van der Waals surface area contributed by atoms with E-state index in [0.717, 1.165) is 49.5 Å². The number of benzene rings is 1. The smallest absolute Gasteiger partial charge is 0.270 e. The molecule has 5 nitrogen and oxygen atoms in total. The van der Waals surface area contributed by atoms with Gasteiger partial charge in [0.05, 0.1) is 12.0 Å². The van der Waals surface area contributed by atoms with Crippen molar-refractivity contribution in [1.29, 1.82) is 0 Å². The van der Waals surface area contributed by atoms with Gasteiger partial charge in [0.15, 0.2) is 0 Å². The molecule has 0 unspecified atom stereocenters. The predicted octanol–water partition coefficient (Wildman–Crippen LogP) is 3.79. The van der Waals surface area contributed by atoms with Gasteiger partial charge in [-0.3, -0.25) is 14.5 Å². The van der Waals surface area contributed by atoms with Crippen LogP contribution in [0.5, 0.6) is 0 Å². The van der Waals surface area contributed by atoms with Gasteiger partial charge in [0.1, 0.15) is 16.5 Å². The minimum atomic E-state index is -0.373. The molecule has 0 saturated carbocycles. The number of carbonyl (C=O) groups is 2. The fraction of sp³-hybridized carbons (Fsp3) is 0.500. The minimum Gasteiger partial charge on any atom is -0.348 e. The number of amides is 1. The highest BCUT2D eigenvalue weighted by molar-refractivity contribution is 7.09. The summed E-state index contributed by atoms with van der Waals surface area (Å²) in [6.45, 7) is 8.18. The monoisotopic (exact) mass is 399 g/mol. The summed E-state index contributed by atoms with van der Waals surface area (Å²) in [5.74, 6) is 0.145. The molecule has 0 aliphatic carbocycles. The molecule has 0 radical (unpaired) electrons. The molecule has 1 fully saturated rings. The standard InChI is InChI=1S/C22H29N3O2S/c1-4-16(2)23-21(27)19-15-28-20(24-19)14-25-12-10-22(11-13-25,17(3)26)18-8-6-5-7-9-18/h5-9,15-16H,4,10-14H2,1-3H3,(H,23,27)/t16-/m1/s1. The van der Waals surface area contributed by atoms with E-state index in [9.17, 15) is 9.59 Å². The Hall–Kier alpha value is -2.05. The normalized spacial score (nSPS) is 17.8. The highest BCUT2D eigenvalue weighted by Crippen LogP contribution is 2.36. The minimum absolute atomic E-state index is 0.102. The van der Waals surface area contributed by atoms with Gasteiger partial charge in [0.25, 0.3) is 5.91 Å². The molecule has 0 spiro atoms. The summed E-state index contributed by atoms with van der Waals surface area (Å²) in [4.78, 5) is 31.6. The fourth-order valence-corrected chi connectivity index (χ4v) is 4.59. The number of likely N-dealkylation sites (tertiary alicyclic amines) is 1. The second-order valence-electron chi connectivity index (χ2n) is 7.69. The number of piperidine rings is 1. The van der Waals surface area contributed by atoms with Crippen LogP contribution in [-0.2, 0) is 16.8 Å². The Balaban J connectivity index is 1.61. The van der Waals surface area contributed by atoms with Crippen molar-refractivity contribution >= 4 is 23.0 Å². The molecule has 1 N–H and O–H groups in total. The van der Waals surface area contributed by atoms with Gasteiger partial charge in [0, 0.05) is 11.4 Å². The molecule has 6 heteroatoms. The van der Waals surface area contributed by atoms with Crippen LogP contribution in [0.1, 0.15) is 61.1 Å². The number of Topliss-reactive ketones (excluding diaryl/α,β-unsaturated/α-hetero) is 1. The highest BCUT2D eigenvalue weighted by Gasteiger charge is 2.40. The van der Waals surface area contributed by atoms with E-state index in [-0.39, 0.29) is 23.1 Å². The molecule has 1 aromatic heterocycles. The van der Waals surface area contributed by atoms with Crippen molar-refractivity contribution in [2.24, 2.45) is 0 Å². The van der Waals surface area contributed by atoms with Crippen molar-refractivity contribution in [3.63, 3.8) is 0 Å². The summed E-state index contributed by atoms with van der Waals surface area (Å²) < 4.78 is 0. The number of nitrogens with zero attached hydrogens (tertiary/aromatic N) is 2. The van der Waals surface area contributed by atoms with E-state index < -0.39 is 0 Å². The molecule has 1 amide bonds. The van der Waals surface area contributed by atoms with Crippen LogP contribution in [0.25, 0.3) is 0 Å². The number of thiazole rings is 1. The van der Waals surface area contributed by atoms with E-state index in [2.05, 4.69) is 27.3 Å². The van der Waals surface area contributed by atoms with E-state index >= 15 is 0 Å². The fourth-order valence-electron chi connectivity index (χ4n) is 3.77. The first-order chi connectivity index (χ1) is 13.4. The van der Waals surface area contributed by atoms with E-state index in [4.69, 9.17) is 0 Å². The summed E-state index contributed by atoms with van der Waals surface area (Å²) >= 11 is 1.53. The SMILES string of the molecule is CC[C@@H](C)NC(=O)c1csc(CN2CCC(C(C)=O)(c3ccccc3)CC2)n1. The van der Waals surface area contributed by atoms with Gasteiger partial charge < -0.3 is 5.32 Å². The van der Waals surface area contributed by atoms with E-state index in [1.54, 1.807) is 6.92 Å². The van der Waals surface area contributed by atoms with Crippen molar-refractivity contribution in [1.82, 2.24) is 15.2 Å². The number of aromatic nitrogens is 1. The Labute approximate surface area is 171 Å². The quantitative estimate of drug-likeness (QED) is 0.769. The molecule has 1 aliphatic rings. The van der Waals surface area contributed by atoms with Gasteiger partial charge in [0.2, 0.25) is 0 Å².